The quantitative estimate of drug-likeness (QED) is 0.560. The maximum Gasteiger partial charge on any atom is 0.267 e. The molecule has 0 aliphatic carbocycles. The standard InChI is InChI=1S/C25H28N4O4S/c1-3-19-8-4-5-9-21(19)26-24(30)17-29-25(31)13-12-22(27-29)20-11-10-18(2)23(16-20)34(32,33)28-14-6-7-15-28/h4-5,8-13,16H,3,6-7,14-15,17H2,1-2H3,(H,26,30). The van der Waals surface area contributed by atoms with Gasteiger partial charge in [-0.1, -0.05) is 37.3 Å². The number of rotatable bonds is 7. The molecule has 0 saturated carbocycles. The van der Waals surface area contributed by atoms with Crippen LogP contribution < -0.4 is 10.9 Å². The van der Waals surface area contributed by atoms with Crippen LogP contribution in [0.5, 0.6) is 0 Å². The number of hydrogen-bond acceptors (Lipinski definition) is 5. The fourth-order valence-electron chi connectivity index (χ4n) is 4.10. The zero-order chi connectivity index (χ0) is 24.3. The molecule has 9 heteroatoms. The molecule has 1 aliphatic heterocycles. The van der Waals surface area contributed by atoms with E-state index in [1.54, 1.807) is 31.2 Å². The van der Waals surface area contributed by atoms with Crippen LogP contribution in [0.2, 0.25) is 0 Å². The molecule has 0 spiro atoms. The van der Waals surface area contributed by atoms with Crippen molar-refractivity contribution in [1.29, 1.82) is 0 Å². The molecular formula is C25H28N4O4S. The van der Waals surface area contributed by atoms with Crippen LogP contribution in [0, 0.1) is 6.92 Å². The van der Waals surface area contributed by atoms with E-state index in [0.717, 1.165) is 29.5 Å². The van der Waals surface area contributed by atoms with Gasteiger partial charge in [0.15, 0.2) is 0 Å². The predicted octanol–water partition coefficient (Wildman–Crippen LogP) is 3.20. The lowest BCUT2D eigenvalue weighted by molar-refractivity contribution is -0.117. The highest BCUT2D eigenvalue weighted by Crippen LogP contribution is 2.27. The first kappa shape index (κ1) is 23.8. The van der Waals surface area contributed by atoms with Gasteiger partial charge < -0.3 is 5.32 Å². The second-order valence-electron chi connectivity index (χ2n) is 8.36. The minimum Gasteiger partial charge on any atom is -0.324 e. The molecule has 4 rings (SSSR count). The van der Waals surface area contributed by atoms with Crippen LogP contribution in [0.3, 0.4) is 0 Å². The maximum absolute atomic E-state index is 13.1. The molecule has 1 aromatic heterocycles. The second-order valence-corrected chi connectivity index (χ2v) is 10.3. The third-order valence-electron chi connectivity index (χ3n) is 6.00. The smallest absolute Gasteiger partial charge is 0.267 e. The number of para-hydroxylation sites is 1. The third-order valence-corrected chi connectivity index (χ3v) is 8.04. The molecule has 0 radical (unpaired) electrons. The monoisotopic (exact) mass is 480 g/mol. The molecule has 8 nitrogen and oxygen atoms in total. The lowest BCUT2D eigenvalue weighted by atomic mass is 10.1. The summed E-state index contributed by atoms with van der Waals surface area (Å²) in [5, 5.41) is 7.19. The van der Waals surface area contributed by atoms with Crippen LogP contribution in [-0.4, -0.2) is 41.5 Å². The van der Waals surface area contributed by atoms with Crippen LogP contribution in [0.15, 0.2) is 64.3 Å². The lowest BCUT2D eigenvalue weighted by Crippen LogP contribution is -2.29. The Bertz CT molecular complexity index is 1380. The number of nitrogens with zero attached hydrogens (tertiary/aromatic N) is 3. The van der Waals surface area contributed by atoms with E-state index in [1.165, 1.54) is 10.4 Å². The molecule has 0 atom stereocenters. The van der Waals surface area contributed by atoms with E-state index in [4.69, 9.17) is 0 Å². The zero-order valence-corrected chi connectivity index (χ0v) is 20.1. The van der Waals surface area contributed by atoms with Crippen molar-refractivity contribution >= 4 is 21.6 Å². The summed E-state index contributed by atoms with van der Waals surface area (Å²) >= 11 is 0. The van der Waals surface area contributed by atoms with Gasteiger partial charge in [0.25, 0.3) is 5.56 Å². The van der Waals surface area contributed by atoms with E-state index in [0.29, 0.717) is 35.6 Å². The van der Waals surface area contributed by atoms with E-state index in [1.807, 2.05) is 31.2 Å². The van der Waals surface area contributed by atoms with Crippen LogP contribution in [-0.2, 0) is 27.8 Å². The highest BCUT2D eigenvalue weighted by Gasteiger charge is 2.28. The Morgan fingerprint density at radius 2 is 1.79 bits per heavy atom. The number of carbonyl (C=O) groups is 1. The van der Waals surface area contributed by atoms with Crippen molar-refractivity contribution in [2.75, 3.05) is 18.4 Å². The van der Waals surface area contributed by atoms with Crippen molar-refractivity contribution in [3.8, 4) is 11.3 Å². The van der Waals surface area contributed by atoms with Crippen LogP contribution in [0.1, 0.15) is 30.9 Å². The first-order valence-electron chi connectivity index (χ1n) is 11.4. The Balaban J connectivity index is 1.61. The molecule has 178 valence electrons. The van der Waals surface area contributed by atoms with Gasteiger partial charge in [-0.2, -0.15) is 9.40 Å². The summed E-state index contributed by atoms with van der Waals surface area (Å²) in [5.41, 5.74) is 2.91. The molecule has 2 heterocycles. The number of hydrogen-bond donors (Lipinski definition) is 1. The SMILES string of the molecule is CCc1ccccc1NC(=O)Cn1nc(-c2ccc(C)c(S(=O)(=O)N3CCCC3)c2)ccc1=O. The summed E-state index contributed by atoms with van der Waals surface area (Å²) in [7, 11) is -3.61. The van der Waals surface area contributed by atoms with Crippen molar-refractivity contribution in [3.05, 3.63) is 76.1 Å². The molecule has 0 bridgehead atoms. The molecule has 0 unspecified atom stereocenters. The Hall–Kier alpha value is -3.30. The Kier molecular flexibility index (Phi) is 6.95. The first-order valence-corrected chi connectivity index (χ1v) is 12.8. The van der Waals surface area contributed by atoms with Crippen molar-refractivity contribution in [2.24, 2.45) is 0 Å². The minimum absolute atomic E-state index is 0.236. The number of anilines is 1. The molecule has 1 aliphatic rings. The lowest BCUT2D eigenvalue weighted by Gasteiger charge is -2.18. The van der Waals surface area contributed by atoms with E-state index >= 15 is 0 Å². The van der Waals surface area contributed by atoms with Crippen molar-refractivity contribution < 1.29 is 13.2 Å². The van der Waals surface area contributed by atoms with Gasteiger partial charge in [0.1, 0.15) is 6.54 Å². The molecule has 1 fully saturated rings. The maximum atomic E-state index is 13.1. The van der Waals surface area contributed by atoms with Crippen molar-refractivity contribution in [3.63, 3.8) is 0 Å². The summed E-state index contributed by atoms with van der Waals surface area (Å²) in [6, 6.07) is 15.5. The van der Waals surface area contributed by atoms with Gasteiger partial charge in [-0.05, 0) is 55.5 Å². The Morgan fingerprint density at radius 1 is 1.06 bits per heavy atom. The largest absolute Gasteiger partial charge is 0.324 e. The molecular weight excluding hydrogens is 452 g/mol. The average Bonchev–Trinajstić information content (AvgIpc) is 3.37. The van der Waals surface area contributed by atoms with Gasteiger partial charge >= 0.3 is 0 Å². The molecule has 1 amide bonds. The topological polar surface area (TPSA) is 101 Å². The van der Waals surface area contributed by atoms with Crippen molar-refractivity contribution in [2.45, 2.75) is 44.6 Å². The highest BCUT2D eigenvalue weighted by atomic mass is 32.2. The van der Waals surface area contributed by atoms with Crippen LogP contribution >= 0.6 is 0 Å². The zero-order valence-electron chi connectivity index (χ0n) is 19.3. The summed E-state index contributed by atoms with van der Waals surface area (Å²) in [4.78, 5) is 25.3. The average molecular weight is 481 g/mol. The predicted molar refractivity (Wildman–Crippen MR) is 131 cm³/mol. The Labute approximate surface area is 199 Å². The third kappa shape index (κ3) is 4.95. The van der Waals surface area contributed by atoms with Gasteiger partial charge in [0, 0.05) is 30.4 Å². The number of aromatic nitrogens is 2. The fourth-order valence-corrected chi connectivity index (χ4v) is 5.87. The number of nitrogens with one attached hydrogen (secondary N) is 1. The highest BCUT2D eigenvalue weighted by molar-refractivity contribution is 7.89. The normalized spacial score (nSPS) is 14.3. The minimum atomic E-state index is -3.61. The van der Waals surface area contributed by atoms with E-state index in [9.17, 15) is 18.0 Å². The summed E-state index contributed by atoms with van der Waals surface area (Å²) in [5.74, 6) is -0.367. The number of amides is 1. The first-order chi connectivity index (χ1) is 16.3. The molecule has 2 aromatic carbocycles. The number of sulfonamides is 1. The van der Waals surface area contributed by atoms with Gasteiger partial charge in [0.05, 0.1) is 10.6 Å². The Morgan fingerprint density at radius 3 is 2.53 bits per heavy atom. The fraction of sp³-hybridized carbons (Fsp3) is 0.320. The van der Waals surface area contributed by atoms with E-state index in [2.05, 4.69) is 10.4 Å². The number of benzene rings is 2. The molecule has 1 N–H and O–H groups in total. The van der Waals surface area contributed by atoms with Crippen LogP contribution in [0.25, 0.3) is 11.3 Å². The summed E-state index contributed by atoms with van der Waals surface area (Å²) in [6.07, 6.45) is 2.48. The van der Waals surface area contributed by atoms with Gasteiger partial charge in [-0.25, -0.2) is 13.1 Å². The molecule has 3 aromatic rings. The summed E-state index contributed by atoms with van der Waals surface area (Å²) in [6.45, 7) is 4.55. The van der Waals surface area contributed by atoms with Gasteiger partial charge in [-0.3, -0.25) is 9.59 Å². The van der Waals surface area contributed by atoms with Crippen LogP contribution in [0.4, 0.5) is 5.69 Å². The van der Waals surface area contributed by atoms with E-state index < -0.39 is 15.6 Å². The second kappa shape index (κ2) is 9.90. The van der Waals surface area contributed by atoms with Gasteiger partial charge in [0.2, 0.25) is 15.9 Å². The molecule has 1 saturated heterocycles. The van der Waals surface area contributed by atoms with E-state index in [-0.39, 0.29) is 17.3 Å². The number of carbonyl (C=O) groups excluding carboxylic acids is 1. The molecule has 34 heavy (non-hydrogen) atoms. The summed E-state index contributed by atoms with van der Waals surface area (Å²) < 4.78 is 28.9. The van der Waals surface area contributed by atoms with Crippen molar-refractivity contribution in [1.82, 2.24) is 14.1 Å². The number of aryl methyl sites for hydroxylation is 2. The van der Waals surface area contributed by atoms with Gasteiger partial charge in [-0.15, -0.1) is 0 Å².